The molecule has 0 aromatic heterocycles. The van der Waals surface area contributed by atoms with Gasteiger partial charge in [0.05, 0.1) is 22.5 Å². The summed E-state index contributed by atoms with van der Waals surface area (Å²) in [5.41, 5.74) is 0.104. The van der Waals surface area contributed by atoms with Gasteiger partial charge >= 0.3 is 0 Å². The average Bonchev–Trinajstić information content (AvgIpc) is 2.51. The molecule has 100 valence electrons. The van der Waals surface area contributed by atoms with Crippen molar-refractivity contribution in [3.8, 4) is 0 Å². The lowest BCUT2D eigenvalue weighted by Crippen LogP contribution is -2.37. The van der Waals surface area contributed by atoms with E-state index in [9.17, 15) is 20.0 Å². The van der Waals surface area contributed by atoms with Crippen molar-refractivity contribution in [3.05, 3.63) is 59.7 Å². The van der Waals surface area contributed by atoms with Crippen molar-refractivity contribution in [2.24, 2.45) is 0 Å². The molecule has 2 aromatic rings. The molecule has 6 heteroatoms. The van der Waals surface area contributed by atoms with E-state index >= 15 is 0 Å². The van der Waals surface area contributed by atoms with Crippen LogP contribution in [0.25, 0.3) is 0 Å². The van der Waals surface area contributed by atoms with Crippen LogP contribution in [-0.4, -0.2) is 22.2 Å². The van der Waals surface area contributed by atoms with Crippen LogP contribution in [0.15, 0.2) is 48.5 Å². The summed E-state index contributed by atoms with van der Waals surface area (Å²) in [6.45, 7) is 0. The molecule has 2 aromatic carbocycles. The number of hydrogen-bond acceptors (Lipinski definition) is 4. The number of para-hydroxylation sites is 2. The van der Waals surface area contributed by atoms with E-state index in [2.05, 4.69) is 0 Å². The highest BCUT2D eigenvalue weighted by Crippen LogP contribution is 2.30. The summed E-state index contributed by atoms with van der Waals surface area (Å²) in [5, 5.41) is 20.9. The monoisotopic (exact) mass is 270 g/mol. The van der Waals surface area contributed by atoms with Gasteiger partial charge in [0.15, 0.2) is 0 Å². The van der Waals surface area contributed by atoms with Gasteiger partial charge in [-0.3, -0.25) is 20.0 Å². The average molecular weight is 270 g/mol. The minimum Gasteiger partial charge on any atom is -0.281 e. The molecule has 1 aliphatic heterocycles. The fraction of sp³-hybridized carbons (Fsp3) is 0. The van der Waals surface area contributed by atoms with E-state index in [1.165, 1.54) is 24.3 Å². The first-order valence-corrected chi connectivity index (χ1v) is 5.86. The molecule has 0 spiro atoms. The van der Waals surface area contributed by atoms with E-state index in [0.29, 0.717) is 10.1 Å². The number of rotatable bonds is 0. The molecule has 2 amide bonds. The topological polar surface area (TPSA) is 81.1 Å². The fourth-order valence-corrected chi connectivity index (χ4v) is 2.13. The molecule has 0 radical (unpaired) electrons. The van der Waals surface area contributed by atoms with Crippen LogP contribution in [0.3, 0.4) is 0 Å². The predicted molar refractivity (Wildman–Crippen MR) is 70.1 cm³/mol. The Labute approximate surface area is 114 Å². The van der Waals surface area contributed by atoms with Crippen molar-refractivity contribution in [2.45, 2.75) is 0 Å². The first-order valence-electron chi connectivity index (χ1n) is 5.86. The molecular formula is C14H10N2O4. The Balaban J connectivity index is 2.28. The molecule has 0 aliphatic carbocycles. The summed E-state index contributed by atoms with van der Waals surface area (Å²) in [7, 11) is 0. The number of anilines is 2. The van der Waals surface area contributed by atoms with Gasteiger partial charge in [-0.1, -0.05) is 24.3 Å². The van der Waals surface area contributed by atoms with Crippen molar-refractivity contribution in [1.29, 1.82) is 0 Å². The van der Waals surface area contributed by atoms with Crippen molar-refractivity contribution in [2.75, 3.05) is 10.1 Å². The smallest absolute Gasteiger partial charge is 0.281 e. The second-order valence-corrected chi connectivity index (χ2v) is 4.27. The number of amides is 2. The van der Waals surface area contributed by atoms with E-state index in [4.69, 9.17) is 0 Å². The Kier molecular flexibility index (Phi) is 2.74. The summed E-state index contributed by atoms with van der Waals surface area (Å²) >= 11 is 0. The Hall–Kier alpha value is -2.70. The maximum atomic E-state index is 12.2. The number of carbonyl (C=O) groups is 2. The lowest BCUT2D eigenvalue weighted by Gasteiger charge is -2.26. The molecule has 3 rings (SSSR count). The van der Waals surface area contributed by atoms with Gasteiger partial charge < -0.3 is 0 Å². The largest absolute Gasteiger partial charge is 0.284 e. The highest BCUT2D eigenvalue weighted by molar-refractivity contribution is 6.18. The van der Waals surface area contributed by atoms with Crippen LogP contribution < -0.4 is 10.1 Å². The van der Waals surface area contributed by atoms with Crippen LogP contribution >= 0.6 is 0 Å². The van der Waals surface area contributed by atoms with Crippen LogP contribution in [0.1, 0.15) is 20.7 Å². The lowest BCUT2D eigenvalue weighted by molar-refractivity contribution is 0.0816. The van der Waals surface area contributed by atoms with Gasteiger partial charge in [0, 0.05) is 0 Å². The molecule has 0 saturated heterocycles. The maximum Gasteiger partial charge on any atom is 0.284 e. The molecule has 0 fully saturated rings. The highest BCUT2D eigenvalue weighted by Gasteiger charge is 2.31. The van der Waals surface area contributed by atoms with E-state index < -0.39 is 11.8 Å². The Morgan fingerprint density at radius 1 is 0.650 bits per heavy atom. The normalized spacial score (nSPS) is 14.5. The summed E-state index contributed by atoms with van der Waals surface area (Å²) in [5.74, 6) is -1.45. The number of benzene rings is 2. The summed E-state index contributed by atoms with van der Waals surface area (Å²) in [4.78, 5) is 24.5. The Bertz CT molecular complexity index is 652. The van der Waals surface area contributed by atoms with Crippen LogP contribution in [-0.2, 0) is 0 Å². The van der Waals surface area contributed by atoms with Crippen LogP contribution in [0.5, 0.6) is 0 Å². The SMILES string of the molecule is O=C1c2ccccc2N(O)C(=O)c2ccccc2N1O. The van der Waals surface area contributed by atoms with Crippen molar-refractivity contribution in [3.63, 3.8) is 0 Å². The number of hydrogen-bond donors (Lipinski definition) is 2. The zero-order valence-corrected chi connectivity index (χ0v) is 10.2. The van der Waals surface area contributed by atoms with Gasteiger partial charge in [-0.05, 0) is 24.3 Å². The summed E-state index contributed by atoms with van der Waals surface area (Å²) in [6, 6.07) is 12.0. The summed E-state index contributed by atoms with van der Waals surface area (Å²) < 4.78 is 0. The third-order valence-electron chi connectivity index (χ3n) is 3.11. The molecule has 1 heterocycles. The van der Waals surface area contributed by atoms with Crippen LogP contribution in [0, 0.1) is 0 Å². The highest BCUT2D eigenvalue weighted by atomic mass is 16.5. The molecule has 0 atom stereocenters. The maximum absolute atomic E-state index is 12.2. The number of carbonyl (C=O) groups excluding carboxylic acids is 2. The summed E-state index contributed by atoms with van der Waals surface area (Å²) in [6.07, 6.45) is 0. The second-order valence-electron chi connectivity index (χ2n) is 4.27. The minimum atomic E-state index is -0.723. The molecule has 0 unspecified atom stereocenters. The molecular weight excluding hydrogens is 260 g/mol. The molecule has 2 N–H and O–H groups in total. The molecule has 1 aliphatic rings. The molecule has 0 saturated carbocycles. The van der Waals surface area contributed by atoms with E-state index in [0.717, 1.165) is 0 Å². The number of hydroxylamine groups is 2. The number of fused-ring (bicyclic) bond motifs is 2. The van der Waals surface area contributed by atoms with Gasteiger partial charge in [0.25, 0.3) is 11.8 Å². The minimum absolute atomic E-state index is 0.0241. The van der Waals surface area contributed by atoms with Crippen LogP contribution in [0.4, 0.5) is 11.4 Å². The third-order valence-corrected chi connectivity index (χ3v) is 3.11. The molecule has 6 nitrogen and oxygen atoms in total. The molecule has 20 heavy (non-hydrogen) atoms. The van der Waals surface area contributed by atoms with Crippen molar-refractivity contribution < 1.29 is 20.0 Å². The second kappa shape index (κ2) is 4.44. The zero-order chi connectivity index (χ0) is 14.3. The van der Waals surface area contributed by atoms with Gasteiger partial charge in [0.1, 0.15) is 0 Å². The van der Waals surface area contributed by atoms with Gasteiger partial charge in [-0.2, -0.15) is 10.1 Å². The van der Waals surface area contributed by atoms with Gasteiger partial charge in [-0.25, -0.2) is 0 Å². The van der Waals surface area contributed by atoms with Crippen molar-refractivity contribution >= 4 is 23.2 Å². The Morgan fingerprint density at radius 2 is 1.00 bits per heavy atom. The van der Waals surface area contributed by atoms with E-state index in [1.54, 1.807) is 24.3 Å². The predicted octanol–water partition coefficient (Wildman–Crippen LogP) is 2.07. The van der Waals surface area contributed by atoms with E-state index in [-0.39, 0.29) is 22.5 Å². The first kappa shape index (κ1) is 12.3. The zero-order valence-electron chi connectivity index (χ0n) is 10.2. The first-order chi connectivity index (χ1) is 9.61. The van der Waals surface area contributed by atoms with Crippen LogP contribution in [0.2, 0.25) is 0 Å². The van der Waals surface area contributed by atoms with Gasteiger partial charge in [-0.15, -0.1) is 0 Å². The quantitative estimate of drug-likeness (QED) is 0.718. The van der Waals surface area contributed by atoms with Gasteiger partial charge in [0.2, 0.25) is 0 Å². The number of nitrogens with zero attached hydrogens (tertiary/aromatic N) is 2. The lowest BCUT2D eigenvalue weighted by atomic mass is 10.1. The van der Waals surface area contributed by atoms with E-state index in [1.807, 2.05) is 0 Å². The van der Waals surface area contributed by atoms with Crippen molar-refractivity contribution in [1.82, 2.24) is 0 Å². The third kappa shape index (κ3) is 1.67. The fourth-order valence-electron chi connectivity index (χ4n) is 2.13. The Morgan fingerprint density at radius 3 is 1.40 bits per heavy atom. The standard InChI is InChI=1S/C14H10N2O4/c17-13-9-5-1-3-7-11(9)15(19)14(18)10-6-2-4-8-12(10)16(13)20/h1-8,19-20H. The molecule has 0 bridgehead atoms.